The molecule has 0 saturated carbocycles. The molecule has 1 fully saturated rings. The Bertz CT molecular complexity index is 707. The molecule has 0 bridgehead atoms. The Kier molecular flexibility index (Phi) is 3.19. The molecule has 4 heteroatoms. The number of rotatable bonds is 2. The maximum Gasteiger partial charge on any atom is 0.354 e. The van der Waals surface area contributed by atoms with Gasteiger partial charge >= 0.3 is 5.97 Å². The maximum absolute atomic E-state index is 11.6. The molecule has 0 spiro atoms. The topological polar surface area (TPSA) is 51.3 Å². The number of benzene rings is 1. The highest BCUT2D eigenvalue weighted by molar-refractivity contribution is 5.94. The Labute approximate surface area is 125 Å². The molecule has 2 unspecified atom stereocenters. The highest BCUT2D eigenvalue weighted by Gasteiger charge is 2.29. The van der Waals surface area contributed by atoms with Gasteiger partial charge in [-0.05, 0) is 56.3 Å². The molecule has 0 amide bonds. The zero-order valence-corrected chi connectivity index (χ0v) is 12.6. The highest BCUT2D eigenvalue weighted by Crippen LogP contribution is 2.36. The van der Waals surface area contributed by atoms with Gasteiger partial charge in [-0.1, -0.05) is 6.07 Å². The van der Waals surface area contributed by atoms with Crippen LogP contribution in [0.3, 0.4) is 0 Å². The SMILES string of the molecule is [2H]C1COC(C)(C)CC1c1ccc2[nH]c(C(=O)OC)cc2c1. The van der Waals surface area contributed by atoms with Crippen LogP contribution in [0.25, 0.3) is 10.9 Å². The lowest BCUT2D eigenvalue weighted by Crippen LogP contribution is -2.32. The van der Waals surface area contributed by atoms with E-state index in [1.807, 2.05) is 12.1 Å². The van der Waals surface area contributed by atoms with E-state index in [2.05, 4.69) is 24.9 Å². The molecule has 1 aliphatic rings. The van der Waals surface area contributed by atoms with Crippen molar-refractivity contribution in [3.63, 3.8) is 0 Å². The number of H-pyrrole nitrogens is 1. The number of aromatic nitrogens is 1. The lowest BCUT2D eigenvalue weighted by molar-refractivity contribution is -0.0592. The van der Waals surface area contributed by atoms with E-state index in [0.29, 0.717) is 12.3 Å². The van der Waals surface area contributed by atoms with Gasteiger partial charge in [-0.15, -0.1) is 0 Å². The van der Waals surface area contributed by atoms with Gasteiger partial charge in [0.15, 0.2) is 0 Å². The van der Waals surface area contributed by atoms with E-state index < -0.39 is 0 Å². The quantitative estimate of drug-likeness (QED) is 0.859. The normalized spacial score (nSPS) is 25.6. The van der Waals surface area contributed by atoms with E-state index in [4.69, 9.17) is 10.8 Å². The van der Waals surface area contributed by atoms with Crippen molar-refractivity contribution in [2.45, 2.75) is 38.2 Å². The molecule has 112 valence electrons. The van der Waals surface area contributed by atoms with Gasteiger partial charge in [0, 0.05) is 18.9 Å². The standard InChI is InChI=1S/C17H21NO3/c1-17(2)10-12(6-7-21-17)11-4-5-14-13(8-11)9-15(18-14)16(19)20-3/h4-5,8-9,12,18H,6-7,10H2,1-3H3/i6D. The van der Waals surface area contributed by atoms with Crippen molar-refractivity contribution in [2.24, 2.45) is 0 Å². The molecule has 1 aliphatic heterocycles. The van der Waals surface area contributed by atoms with E-state index in [9.17, 15) is 4.79 Å². The van der Waals surface area contributed by atoms with Crippen LogP contribution in [0.1, 0.15) is 50.0 Å². The second-order valence-corrected chi connectivity index (χ2v) is 6.14. The molecule has 3 rings (SSSR count). The first-order chi connectivity index (χ1) is 10.4. The fraction of sp³-hybridized carbons (Fsp3) is 0.471. The smallest absolute Gasteiger partial charge is 0.354 e. The molecule has 4 nitrogen and oxygen atoms in total. The van der Waals surface area contributed by atoms with Crippen LogP contribution in [0, 0.1) is 0 Å². The van der Waals surface area contributed by atoms with Crippen LogP contribution in [0.4, 0.5) is 0 Å². The number of carbonyl (C=O) groups excluding carboxylic acids is 1. The van der Waals surface area contributed by atoms with Crippen molar-refractivity contribution in [3.05, 3.63) is 35.5 Å². The summed E-state index contributed by atoms with van der Waals surface area (Å²) >= 11 is 0. The molecule has 1 aromatic heterocycles. The van der Waals surface area contributed by atoms with Crippen LogP contribution < -0.4 is 0 Å². The molecular formula is C17H21NO3. The summed E-state index contributed by atoms with van der Waals surface area (Å²) in [5, 5.41) is 0.967. The number of carbonyl (C=O) groups is 1. The van der Waals surface area contributed by atoms with E-state index in [0.717, 1.165) is 22.9 Å². The van der Waals surface area contributed by atoms with Crippen LogP contribution in [-0.4, -0.2) is 30.3 Å². The maximum atomic E-state index is 11.6. The zero-order valence-electron chi connectivity index (χ0n) is 13.6. The number of methoxy groups -OCH3 is 1. The van der Waals surface area contributed by atoms with Crippen molar-refractivity contribution in [1.29, 1.82) is 0 Å². The summed E-state index contributed by atoms with van der Waals surface area (Å²) in [6.07, 6.45) is 0.561. The van der Waals surface area contributed by atoms with Crippen molar-refractivity contribution in [3.8, 4) is 0 Å². The first-order valence-corrected chi connectivity index (χ1v) is 7.17. The Balaban J connectivity index is 1.95. The third-order valence-electron chi connectivity index (χ3n) is 4.04. The van der Waals surface area contributed by atoms with Gasteiger partial charge in [0.1, 0.15) is 5.69 Å². The molecule has 0 aliphatic carbocycles. The average molecular weight is 288 g/mol. The van der Waals surface area contributed by atoms with Gasteiger partial charge in [0.2, 0.25) is 0 Å². The second kappa shape index (κ2) is 5.19. The molecule has 21 heavy (non-hydrogen) atoms. The molecule has 2 atom stereocenters. The molecule has 2 heterocycles. The van der Waals surface area contributed by atoms with Gasteiger partial charge in [-0.2, -0.15) is 0 Å². The fourth-order valence-corrected chi connectivity index (χ4v) is 2.92. The first-order valence-electron chi connectivity index (χ1n) is 7.74. The van der Waals surface area contributed by atoms with Gasteiger partial charge in [0.05, 0.1) is 12.7 Å². The number of ether oxygens (including phenoxy) is 2. The largest absolute Gasteiger partial charge is 0.464 e. The fourth-order valence-electron chi connectivity index (χ4n) is 2.92. The minimum Gasteiger partial charge on any atom is -0.464 e. The minimum atomic E-state index is -0.372. The van der Waals surface area contributed by atoms with Crippen molar-refractivity contribution >= 4 is 16.9 Å². The van der Waals surface area contributed by atoms with Gasteiger partial charge in [-0.25, -0.2) is 4.79 Å². The van der Waals surface area contributed by atoms with Crippen molar-refractivity contribution in [1.82, 2.24) is 4.98 Å². The summed E-state index contributed by atoms with van der Waals surface area (Å²) in [5.74, 6) is -0.229. The predicted octanol–water partition coefficient (Wildman–Crippen LogP) is 3.63. The molecule has 1 N–H and O–H groups in total. The van der Waals surface area contributed by atoms with Crippen LogP contribution in [0.2, 0.25) is 0 Å². The van der Waals surface area contributed by atoms with Crippen molar-refractivity contribution < 1.29 is 15.6 Å². The van der Waals surface area contributed by atoms with Crippen LogP contribution in [0.15, 0.2) is 24.3 Å². The molecular weight excluding hydrogens is 266 g/mol. The van der Waals surface area contributed by atoms with Crippen LogP contribution in [0.5, 0.6) is 0 Å². The van der Waals surface area contributed by atoms with Crippen LogP contribution in [-0.2, 0) is 9.47 Å². The summed E-state index contributed by atoms with van der Waals surface area (Å²) in [7, 11) is 1.37. The summed E-state index contributed by atoms with van der Waals surface area (Å²) in [4.78, 5) is 14.7. The summed E-state index contributed by atoms with van der Waals surface area (Å²) in [6.45, 7) is 4.59. The minimum absolute atomic E-state index is 0.143. The number of nitrogens with one attached hydrogen (secondary N) is 1. The van der Waals surface area contributed by atoms with Gasteiger partial charge in [-0.3, -0.25) is 0 Å². The van der Waals surface area contributed by atoms with E-state index in [1.54, 1.807) is 6.07 Å². The molecule has 2 aromatic rings. The van der Waals surface area contributed by atoms with E-state index >= 15 is 0 Å². The third-order valence-corrected chi connectivity index (χ3v) is 4.04. The van der Waals surface area contributed by atoms with E-state index in [-0.39, 0.29) is 23.9 Å². The van der Waals surface area contributed by atoms with E-state index in [1.165, 1.54) is 7.11 Å². The number of hydrogen-bond acceptors (Lipinski definition) is 3. The van der Waals surface area contributed by atoms with Gasteiger partial charge in [0.25, 0.3) is 0 Å². The van der Waals surface area contributed by atoms with Crippen LogP contribution >= 0.6 is 0 Å². The third kappa shape index (κ3) is 2.81. The van der Waals surface area contributed by atoms with Crippen molar-refractivity contribution in [2.75, 3.05) is 13.7 Å². The lowest BCUT2D eigenvalue weighted by Gasteiger charge is -2.35. The zero-order chi connectivity index (χ0) is 15.9. The predicted molar refractivity (Wildman–Crippen MR) is 81.6 cm³/mol. The molecule has 0 radical (unpaired) electrons. The van der Waals surface area contributed by atoms with Gasteiger partial charge < -0.3 is 14.5 Å². The summed E-state index contributed by atoms with van der Waals surface area (Å²) < 4.78 is 18.7. The Morgan fingerprint density at radius 1 is 1.48 bits per heavy atom. The lowest BCUT2D eigenvalue weighted by atomic mass is 9.83. The monoisotopic (exact) mass is 288 g/mol. The molecule has 1 saturated heterocycles. The molecule has 1 aromatic carbocycles. The first kappa shape index (κ1) is 12.9. The average Bonchev–Trinajstić information content (AvgIpc) is 2.92. The highest BCUT2D eigenvalue weighted by atomic mass is 16.5. The number of aromatic amines is 1. The second-order valence-electron chi connectivity index (χ2n) is 6.14. The number of fused-ring (bicyclic) bond motifs is 1. The Morgan fingerprint density at radius 3 is 3.05 bits per heavy atom. The Hall–Kier alpha value is -1.81. The summed E-state index contributed by atoms with van der Waals surface area (Å²) in [5.41, 5.74) is 2.27. The summed E-state index contributed by atoms with van der Waals surface area (Å²) in [6, 6.07) is 7.86. The Morgan fingerprint density at radius 2 is 2.29 bits per heavy atom. The number of hydrogen-bond donors (Lipinski definition) is 1. The number of esters is 1.